The maximum absolute atomic E-state index is 12.2. The molecular formula is C14H12ClN3O3. The van der Waals surface area contributed by atoms with Crippen LogP contribution in [0.5, 0.6) is 0 Å². The molecule has 1 aromatic carbocycles. The first kappa shape index (κ1) is 13.6. The molecule has 1 fully saturated rings. The molecule has 7 heteroatoms. The second-order valence-electron chi connectivity index (χ2n) is 4.84. The maximum atomic E-state index is 12.2. The Morgan fingerprint density at radius 3 is 2.81 bits per heavy atom. The summed E-state index contributed by atoms with van der Waals surface area (Å²) >= 11 is 6.03. The first-order valence-corrected chi connectivity index (χ1v) is 6.81. The number of rotatable bonds is 4. The number of hydrogen-bond donors (Lipinski definition) is 2. The third-order valence-corrected chi connectivity index (χ3v) is 3.59. The number of nitrogens with one attached hydrogen (secondary N) is 1. The number of hydrogen-bond acceptors (Lipinski definition) is 4. The van der Waals surface area contributed by atoms with E-state index in [0.717, 1.165) is 12.8 Å². The van der Waals surface area contributed by atoms with Gasteiger partial charge >= 0.3 is 5.97 Å². The van der Waals surface area contributed by atoms with Crippen LogP contribution in [0.3, 0.4) is 0 Å². The fourth-order valence-corrected chi connectivity index (χ4v) is 2.26. The van der Waals surface area contributed by atoms with Gasteiger partial charge in [0.25, 0.3) is 5.56 Å². The maximum Gasteiger partial charge on any atom is 0.335 e. The van der Waals surface area contributed by atoms with E-state index in [4.69, 9.17) is 16.7 Å². The third kappa shape index (κ3) is 2.75. The summed E-state index contributed by atoms with van der Waals surface area (Å²) in [6.07, 6.45) is 5.22. The van der Waals surface area contributed by atoms with Crippen molar-refractivity contribution in [2.75, 3.05) is 5.32 Å². The molecule has 108 valence electrons. The van der Waals surface area contributed by atoms with Crippen LogP contribution >= 0.6 is 11.6 Å². The van der Waals surface area contributed by atoms with Gasteiger partial charge in [-0.05, 0) is 31.0 Å². The average Bonchev–Trinajstić information content (AvgIpc) is 3.27. The minimum absolute atomic E-state index is 0.0852. The number of anilines is 2. The molecule has 1 heterocycles. The molecule has 0 spiro atoms. The molecule has 1 aromatic heterocycles. The van der Waals surface area contributed by atoms with Crippen LogP contribution < -0.4 is 10.9 Å². The van der Waals surface area contributed by atoms with E-state index in [9.17, 15) is 9.59 Å². The van der Waals surface area contributed by atoms with Gasteiger partial charge in [-0.2, -0.15) is 0 Å². The molecular weight excluding hydrogens is 294 g/mol. The molecule has 0 amide bonds. The fourth-order valence-electron chi connectivity index (χ4n) is 2.03. The second kappa shape index (κ2) is 5.21. The van der Waals surface area contributed by atoms with Crippen molar-refractivity contribution in [2.24, 2.45) is 0 Å². The number of aromatic nitrogens is 2. The lowest BCUT2D eigenvalue weighted by Crippen LogP contribution is -2.22. The fraction of sp³-hybridized carbons (Fsp3) is 0.214. The van der Waals surface area contributed by atoms with Crippen molar-refractivity contribution in [1.82, 2.24) is 9.55 Å². The van der Waals surface area contributed by atoms with Crippen molar-refractivity contribution in [3.63, 3.8) is 0 Å². The van der Waals surface area contributed by atoms with Gasteiger partial charge in [-0.3, -0.25) is 4.79 Å². The lowest BCUT2D eigenvalue weighted by atomic mass is 10.2. The molecule has 3 rings (SSSR count). The first-order chi connectivity index (χ1) is 10.1. The predicted molar refractivity (Wildman–Crippen MR) is 78.5 cm³/mol. The van der Waals surface area contributed by atoms with Gasteiger partial charge in [-0.15, -0.1) is 0 Å². The van der Waals surface area contributed by atoms with Gasteiger partial charge in [0.2, 0.25) is 0 Å². The number of carbonyl (C=O) groups is 1. The molecule has 1 aliphatic rings. The summed E-state index contributed by atoms with van der Waals surface area (Å²) in [5.41, 5.74) is 0.320. The van der Waals surface area contributed by atoms with Crippen molar-refractivity contribution in [2.45, 2.75) is 18.9 Å². The van der Waals surface area contributed by atoms with Crippen molar-refractivity contribution in [3.05, 3.63) is 51.5 Å². The summed E-state index contributed by atoms with van der Waals surface area (Å²) in [4.78, 5) is 27.1. The van der Waals surface area contributed by atoms with Crippen molar-refractivity contribution in [1.29, 1.82) is 0 Å². The second-order valence-corrected chi connectivity index (χ2v) is 5.25. The average molecular weight is 306 g/mol. The Balaban J connectivity index is 1.92. The molecule has 0 unspecified atom stereocenters. The Kier molecular flexibility index (Phi) is 3.39. The number of carboxylic acid groups (broad SMARTS) is 1. The number of benzene rings is 1. The van der Waals surface area contributed by atoms with Crippen LogP contribution in [0.4, 0.5) is 11.5 Å². The summed E-state index contributed by atoms with van der Waals surface area (Å²) in [5.74, 6) is -0.883. The normalized spacial score (nSPS) is 14.0. The van der Waals surface area contributed by atoms with Crippen LogP contribution in [0.15, 0.2) is 35.4 Å². The van der Waals surface area contributed by atoms with E-state index in [1.54, 1.807) is 17.0 Å². The molecule has 0 atom stereocenters. The van der Waals surface area contributed by atoms with Gasteiger partial charge in [0.1, 0.15) is 0 Å². The van der Waals surface area contributed by atoms with Crippen LogP contribution in [0.25, 0.3) is 0 Å². The highest BCUT2D eigenvalue weighted by molar-refractivity contribution is 6.33. The van der Waals surface area contributed by atoms with E-state index in [-0.39, 0.29) is 28.0 Å². The zero-order chi connectivity index (χ0) is 15.0. The van der Waals surface area contributed by atoms with Gasteiger partial charge < -0.3 is 15.0 Å². The summed E-state index contributed by atoms with van der Waals surface area (Å²) in [7, 11) is 0. The van der Waals surface area contributed by atoms with E-state index in [1.165, 1.54) is 18.2 Å². The molecule has 1 aliphatic carbocycles. The minimum Gasteiger partial charge on any atom is -0.478 e. The van der Waals surface area contributed by atoms with Gasteiger partial charge in [-0.25, -0.2) is 9.78 Å². The Morgan fingerprint density at radius 2 is 2.19 bits per heavy atom. The number of aromatic carboxylic acids is 1. The predicted octanol–water partition coefficient (Wildman–Crippen LogP) is 2.67. The van der Waals surface area contributed by atoms with E-state index < -0.39 is 5.97 Å². The standard InChI is InChI=1S/C14H12ClN3O3/c15-10-7-8(14(20)21)1-4-11(10)17-12-13(19)18(6-5-16-12)9-2-3-9/h1,4-7,9H,2-3H2,(H,16,17)(H,20,21). The van der Waals surface area contributed by atoms with Crippen LogP contribution in [0, 0.1) is 0 Å². The van der Waals surface area contributed by atoms with Crippen molar-refractivity contribution >= 4 is 29.1 Å². The Hall–Kier alpha value is -2.34. The van der Waals surface area contributed by atoms with Gasteiger partial charge in [0.05, 0.1) is 16.3 Å². The van der Waals surface area contributed by atoms with E-state index in [1.807, 2.05) is 0 Å². The van der Waals surface area contributed by atoms with Crippen molar-refractivity contribution < 1.29 is 9.90 Å². The van der Waals surface area contributed by atoms with Gasteiger partial charge in [0.15, 0.2) is 5.82 Å². The lowest BCUT2D eigenvalue weighted by molar-refractivity contribution is 0.0697. The van der Waals surface area contributed by atoms with Crippen LogP contribution in [0.1, 0.15) is 29.2 Å². The summed E-state index contributed by atoms with van der Waals surface area (Å²) in [6.45, 7) is 0. The highest BCUT2D eigenvalue weighted by atomic mass is 35.5. The molecule has 1 saturated carbocycles. The van der Waals surface area contributed by atoms with E-state index in [2.05, 4.69) is 10.3 Å². The largest absolute Gasteiger partial charge is 0.478 e. The summed E-state index contributed by atoms with van der Waals surface area (Å²) in [6, 6.07) is 4.51. The molecule has 2 aromatic rings. The van der Waals surface area contributed by atoms with Crippen LogP contribution in [-0.4, -0.2) is 20.6 Å². The minimum atomic E-state index is -1.06. The number of carboxylic acids is 1. The van der Waals surface area contributed by atoms with Gasteiger partial charge in [-0.1, -0.05) is 11.6 Å². The Labute approximate surface area is 125 Å². The zero-order valence-electron chi connectivity index (χ0n) is 10.9. The van der Waals surface area contributed by atoms with Gasteiger partial charge in [0, 0.05) is 18.4 Å². The van der Waals surface area contributed by atoms with Crippen LogP contribution in [-0.2, 0) is 0 Å². The first-order valence-electron chi connectivity index (χ1n) is 6.43. The SMILES string of the molecule is O=C(O)c1ccc(Nc2nccn(C3CC3)c2=O)c(Cl)c1. The number of halogens is 1. The highest BCUT2D eigenvalue weighted by Crippen LogP contribution is 2.33. The third-order valence-electron chi connectivity index (χ3n) is 3.28. The Bertz CT molecular complexity index is 768. The molecule has 0 bridgehead atoms. The monoisotopic (exact) mass is 305 g/mol. The molecule has 21 heavy (non-hydrogen) atoms. The van der Waals surface area contributed by atoms with Crippen molar-refractivity contribution in [3.8, 4) is 0 Å². The smallest absolute Gasteiger partial charge is 0.335 e. The quantitative estimate of drug-likeness (QED) is 0.907. The van der Waals surface area contributed by atoms with E-state index >= 15 is 0 Å². The Morgan fingerprint density at radius 1 is 1.43 bits per heavy atom. The molecule has 0 radical (unpaired) electrons. The highest BCUT2D eigenvalue weighted by Gasteiger charge is 2.25. The summed E-state index contributed by atoms with van der Waals surface area (Å²) < 4.78 is 1.65. The summed E-state index contributed by atoms with van der Waals surface area (Å²) in [5, 5.41) is 12.0. The molecule has 0 aliphatic heterocycles. The molecule has 0 saturated heterocycles. The number of nitrogens with zero attached hydrogens (tertiary/aromatic N) is 2. The molecule has 2 N–H and O–H groups in total. The van der Waals surface area contributed by atoms with E-state index in [0.29, 0.717) is 5.69 Å². The molecule has 6 nitrogen and oxygen atoms in total. The topological polar surface area (TPSA) is 84.2 Å². The lowest BCUT2D eigenvalue weighted by Gasteiger charge is -2.09. The zero-order valence-corrected chi connectivity index (χ0v) is 11.7. The van der Waals surface area contributed by atoms with Crippen LogP contribution in [0.2, 0.25) is 5.02 Å².